The molecule has 0 N–H and O–H groups in total. The topological polar surface area (TPSA) is 84.2 Å². The van der Waals surface area contributed by atoms with E-state index in [-0.39, 0.29) is 23.1 Å². The quantitative estimate of drug-likeness (QED) is 0.220. The summed E-state index contributed by atoms with van der Waals surface area (Å²) in [6.07, 6.45) is 1.61. The fourth-order valence-corrected chi connectivity index (χ4v) is 3.79. The number of para-hydroxylation sites is 1. The van der Waals surface area contributed by atoms with Gasteiger partial charge in [-0.15, -0.1) is 0 Å². The molecule has 5 rings (SSSR count). The summed E-state index contributed by atoms with van der Waals surface area (Å²) in [5.74, 6) is 1.11. The van der Waals surface area contributed by atoms with Crippen molar-refractivity contribution < 1.29 is 33.0 Å². The van der Waals surface area contributed by atoms with E-state index in [2.05, 4.69) is 0 Å². The summed E-state index contributed by atoms with van der Waals surface area (Å²) < 4.78 is 27.7. The first-order valence-corrected chi connectivity index (χ1v) is 10.5. The minimum absolute atomic E-state index is 0.0882. The zero-order valence-electron chi connectivity index (χ0n) is 18.7. The van der Waals surface area contributed by atoms with Crippen molar-refractivity contribution in [3.63, 3.8) is 0 Å². The van der Waals surface area contributed by atoms with Crippen LogP contribution in [-0.4, -0.2) is 26.0 Å². The Morgan fingerprint density at radius 3 is 2.53 bits per heavy atom. The van der Waals surface area contributed by atoms with Crippen LogP contribution in [0.25, 0.3) is 17.0 Å². The van der Waals surface area contributed by atoms with E-state index in [1.165, 1.54) is 7.11 Å². The number of esters is 1. The molecule has 1 aromatic heterocycles. The Balaban J connectivity index is 1.42. The first-order chi connectivity index (χ1) is 16.5. The van der Waals surface area contributed by atoms with Crippen LogP contribution >= 0.6 is 0 Å². The predicted molar refractivity (Wildman–Crippen MR) is 125 cm³/mol. The molecule has 0 unspecified atom stereocenters. The average Bonchev–Trinajstić information content (AvgIpc) is 3.43. The van der Waals surface area contributed by atoms with E-state index in [9.17, 15) is 9.59 Å². The van der Waals surface area contributed by atoms with Crippen molar-refractivity contribution in [2.45, 2.75) is 6.92 Å². The number of fused-ring (bicyclic) bond motifs is 2. The number of rotatable bonds is 5. The Morgan fingerprint density at radius 2 is 1.76 bits per heavy atom. The maximum atomic E-state index is 12.9. The molecular weight excluding hydrogens is 436 g/mol. The molecule has 3 aromatic carbocycles. The van der Waals surface area contributed by atoms with Crippen LogP contribution in [-0.2, 0) is 0 Å². The van der Waals surface area contributed by atoms with Crippen LogP contribution in [0, 0.1) is 6.92 Å². The zero-order valence-corrected chi connectivity index (χ0v) is 18.7. The summed E-state index contributed by atoms with van der Waals surface area (Å²) in [5, 5.41) is 0.804. The number of methoxy groups -OCH3 is 2. The van der Waals surface area contributed by atoms with Gasteiger partial charge >= 0.3 is 5.97 Å². The maximum Gasteiger partial charge on any atom is 0.379 e. The monoisotopic (exact) mass is 456 g/mol. The summed E-state index contributed by atoms with van der Waals surface area (Å²) in [6.45, 7) is 1.73. The molecule has 7 nitrogen and oxygen atoms in total. The molecule has 0 saturated heterocycles. The van der Waals surface area contributed by atoms with Gasteiger partial charge in [0.2, 0.25) is 11.5 Å². The van der Waals surface area contributed by atoms with Crippen LogP contribution in [0.3, 0.4) is 0 Å². The van der Waals surface area contributed by atoms with Gasteiger partial charge in [-0.3, -0.25) is 4.79 Å². The second-order valence-corrected chi connectivity index (χ2v) is 7.65. The number of benzene rings is 3. The average molecular weight is 456 g/mol. The molecule has 0 atom stereocenters. The molecule has 1 aliphatic rings. The molecular formula is C27H20O7. The Morgan fingerprint density at radius 1 is 0.941 bits per heavy atom. The van der Waals surface area contributed by atoms with Crippen molar-refractivity contribution in [2.75, 3.05) is 14.2 Å². The third-order valence-electron chi connectivity index (χ3n) is 5.59. The summed E-state index contributed by atoms with van der Waals surface area (Å²) in [5.41, 5.74) is 2.17. The van der Waals surface area contributed by atoms with Gasteiger partial charge in [-0.2, -0.15) is 0 Å². The highest BCUT2D eigenvalue weighted by Crippen LogP contribution is 2.40. The third-order valence-corrected chi connectivity index (χ3v) is 5.59. The lowest BCUT2D eigenvalue weighted by Gasteiger charge is -2.09. The molecule has 2 heterocycles. The fraction of sp³-hybridized carbons (Fsp3) is 0.111. The van der Waals surface area contributed by atoms with E-state index < -0.39 is 5.97 Å². The first kappa shape index (κ1) is 21.3. The van der Waals surface area contributed by atoms with E-state index in [1.807, 2.05) is 18.2 Å². The molecule has 0 spiro atoms. The number of furan rings is 1. The number of Topliss-reactive ketones (excluding diaryl/α,β-unsaturated/α-hetero) is 1. The smallest absolute Gasteiger partial charge is 0.379 e. The maximum absolute atomic E-state index is 12.9. The van der Waals surface area contributed by atoms with E-state index in [0.717, 1.165) is 5.39 Å². The molecule has 170 valence electrons. The molecule has 0 fully saturated rings. The number of ketones is 1. The number of hydrogen-bond acceptors (Lipinski definition) is 7. The highest BCUT2D eigenvalue weighted by Gasteiger charge is 2.31. The van der Waals surface area contributed by atoms with Crippen molar-refractivity contribution in [1.29, 1.82) is 0 Å². The standard InChI is InChI=1S/C27H20O7/c1-15-20(34-27(29)24-13-16-6-4-5-7-21(16)32-24)11-10-19-25(28)23(33-26(15)19)12-17-8-9-18(30-2)14-22(17)31-3/h4-14H,1-3H3/b23-12-. The number of carbonyl (C=O) groups excluding carboxylic acids is 2. The van der Waals surface area contributed by atoms with Gasteiger partial charge in [0, 0.05) is 22.6 Å². The molecule has 34 heavy (non-hydrogen) atoms. The molecule has 7 heteroatoms. The van der Waals surface area contributed by atoms with E-state index in [0.29, 0.717) is 39.5 Å². The van der Waals surface area contributed by atoms with E-state index >= 15 is 0 Å². The van der Waals surface area contributed by atoms with E-state index in [1.54, 1.807) is 62.6 Å². The lowest BCUT2D eigenvalue weighted by molar-refractivity contribution is 0.0702. The van der Waals surface area contributed by atoms with Crippen molar-refractivity contribution >= 4 is 28.8 Å². The van der Waals surface area contributed by atoms with Gasteiger partial charge in [-0.25, -0.2) is 4.79 Å². The van der Waals surface area contributed by atoms with Crippen LogP contribution in [0.5, 0.6) is 23.0 Å². The van der Waals surface area contributed by atoms with Gasteiger partial charge in [0.15, 0.2) is 5.76 Å². The van der Waals surface area contributed by atoms with Gasteiger partial charge in [-0.1, -0.05) is 18.2 Å². The Labute approximate surface area is 195 Å². The largest absolute Gasteiger partial charge is 0.497 e. The number of allylic oxidation sites excluding steroid dienone is 1. The third kappa shape index (κ3) is 3.67. The van der Waals surface area contributed by atoms with Crippen LogP contribution in [0.4, 0.5) is 0 Å². The summed E-state index contributed by atoms with van der Waals surface area (Å²) >= 11 is 0. The molecule has 0 saturated carbocycles. The minimum Gasteiger partial charge on any atom is -0.497 e. The van der Waals surface area contributed by atoms with Crippen LogP contribution in [0.1, 0.15) is 32.0 Å². The molecule has 0 amide bonds. The summed E-state index contributed by atoms with van der Waals surface area (Å²) in [6, 6.07) is 17.4. The van der Waals surface area contributed by atoms with Gasteiger partial charge in [-0.05, 0) is 49.4 Å². The minimum atomic E-state index is -0.637. The SMILES string of the molecule is COc1ccc(/C=C2\Oc3c(ccc(OC(=O)c4cc5ccccc5o4)c3C)C2=O)c(OC)c1. The van der Waals surface area contributed by atoms with Crippen molar-refractivity contribution in [2.24, 2.45) is 0 Å². The highest BCUT2D eigenvalue weighted by molar-refractivity contribution is 6.15. The van der Waals surface area contributed by atoms with Gasteiger partial charge in [0.1, 0.15) is 28.6 Å². The molecule has 1 aliphatic heterocycles. The lowest BCUT2D eigenvalue weighted by Crippen LogP contribution is -2.08. The zero-order chi connectivity index (χ0) is 23.8. The first-order valence-electron chi connectivity index (χ1n) is 10.5. The van der Waals surface area contributed by atoms with Crippen LogP contribution in [0.15, 0.2) is 70.8 Å². The Hall–Kier alpha value is -4.52. The van der Waals surface area contributed by atoms with Crippen molar-refractivity contribution in [1.82, 2.24) is 0 Å². The van der Waals surface area contributed by atoms with Gasteiger partial charge < -0.3 is 23.4 Å². The van der Waals surface area contributed by atoms with E-state index in [4.69, 9.17) is 23.4 Å². The van der Waals surface area contributed by atoms with Crippen molar-refractivity contribution in [3.8, 4) is 23.0 Å². The summed E-state index contributed by atoms with van der Waals surface area (Å²) in [7, 11) is 3.10. The second-order valence-electron chi connectivity index (χ2n) is 7.65. The normalized spacial score (nSPS) is 13.6. The summed E-state index contributed by atoms with van der Waals surface area (Å²) in [4.78, 5) is 25.6. The number of hydrogen-bond donors (Lipinski definition) is 0. The second kappa shape index (κ2) is 8.44. The molecule has 0 radical (unpaired) electrons. The van der Waals surface area contributed by atoms with Crippen LogP contribution in [0.2, 0.25) is 0 Å². The Kier molecular flexibility index (Phi) is 5.30. The predicted octanol–water partition coefficient (Wildman–Crippen LogP) is 5.59. The van der Waals surface area contributed by atoms with Gasteiger partial charge in [0.05, 0.1) is 19.8 Å². The fourth-order valence-electron chi connectivity index (χ4n) is 3.79. The number of carbonyl (C=O) groups is 2. The number of ether oxygens (including phenoxy) is 4. The van der Waals surface area contributed by atoms with Crippen LogP contribution < -0.4 is 18.9 Å². The van der Waals surface area contributed by atoms with Gasteiger partial charge in [0.25, 0.3) is 0 Å². The van der Waals surface area contributed by atoms with Crippen molar-refractivity contribution in [3.05, 3.63) is 88.9 Å². The molecule has 4 aromatic rings. The molecule has 0 bridgehead atoms. The molecule has 0 aliphatic carbocycles. The lowest BCUT2D eigenvalue weighted by atomic mass is 10.1. The highest BCUT2D eigenvalue weighted by atomic mass is 16.5. The Bertz CT molecular complexity index is 1440.